The van der Waals surface area contributed by atoms with Crippen LogP contribution in [0, 0.1) is 23.6 Å². The van der Waals surface area contributed by atoms with Gasteiger partial charge in [-0.2, -0.15) is 13.2 Å². The quantitative estimate of drug-likeness (QED) is 0.161. The number of carbonyl (C=O) groups is 1. The normalized spacial score (nSPS) is 21.5. The molecule has 1 aliphatic carbocycles. The highest BCUT2D eigenvalue weighted by molar-refractivity contribution is 7.91. The predicted molar refractivity (Wildman–Crippen MR) is 159 cm³/mol. The Morgan fingerprint density at radius 1 is 0.976 bits per heavy atom. The third-order valence-electron chi connectivity index (χ3n) is 8.64. The van der Waals surface area contributed by atoms with Crippen molar-refractivity contribution >= 4 is 27.3 Å². The first-order chi connectivity index (χ1) is 19.8. The van der Waals surface area contributed by atoms with Gasteiger partial charge in [0, 0.05) is 6.04 Å². The maximum atomic E-state index is 13.5. The van der Waals surface area contributed by atoms with E-state index in [1.165, 1.54) is 36.4 Å². The molecule has 0 aromatic heterocycles. The van der Waals surface area contributed by atoms with Crippen LogP contribution in [-0.2, 0) is 16.0 Å². The van der Waals surface area contributed by atoms with Crippen LogP contribution in [0.5, 0.6) is 0 Å². The second-order valence-electron chi connectivity index (χ2n) is 11.8. The van der Waals surface area contributed by atoms with Crippen molar-refractivity contribution in [1.82, 2.24) is 5.32 Å². The maximum absolute atomic E-state index is 13.5. The number of sulfone groups is 1. The minimum absolute atomic E-state index is 0.0541. The summed E-state index contributed by atoms with van der Waals surface area (Å²) in [7, 11) is -3.41. The summed E-state index contributed by atoms with van der Waals surface area (Å²) in [5.41, 5.74) is -1.54. The number of carbonyl (C=O) groups excluding carboxylic acids is 1. The maximum Gasteiger partial charge on any atom is 0.417 e. The summed E-state index contributed by atoms with van der Waals surface area (Å²) in [6.07, 6.45) is 4.80. The molecule has 0 heterocycles. The van der Waals surface area contributed by atoms with Crippen molar-refractivity contribution in [2.24, 2.45) is 17.8 Å². The van der Waals surface area contributed by atoms with E-state index in [9.17, 15) is 30.8 Å². The fraction of sp³-hybridized carbons (Fsp3) is 0.594. The van der Waals surface area contributed by atoms with E-state index in [4.69, 9.17) is 11.6 Å². The lowest BCUT2D eigenvalue weighted by Gasteiger charge is -2.32. The minimum atomic E-state index is -4.67. The monoisotopic (exact) mass is 631 g/mol. The predicted octanol–water partition coefficient (Wildman–Crippen LogP) is 9.26. The third kappa shape index (κ3) is 9.97. The topological polar surface area (TPSA) is 63.2 Å². The summed E-state index contributed by atoms with van der Waals surface area (Å²) in [5.74, 6) is 0.314. The summed E-state index contributed by atoms with van der Waals surface area (Å²) in [4.78, 5) is 13.1. The molecule has 1 N–H and O–H groups in total. The largest absolute Gasteiger partial charge is 0.417 e. The molecule has 4 atom stereocenters. The van der Waals surface area contributed by atoms with E-state index in [0.29, 0.717) is 37.0 Å². The van der Waals surface area contributed by atoms with Crippen molar-refractivity contribution in [3.05, 3.63) is 64.4 Å². The van der Waals surface area contributed by atoms with E-state index in [1.807, 2.05) is 0 Å². The summed E-state index contributed by atoms with van der Waals surface area (Å²) in [5, 5.41) is 2.63. The number of benzene rings is 2. The van der Waals surface area contributed by atoms with Gasteiger partial charge in [-0.1, -0.05) is 76.5 Å². The van der Waals surface area contributed by atoms with Crippen LogP contribution in [0.15, 0.2) is 47.4 Å². The van der Waals surface area contributed by atoms with Crippen LogP contribution in [0.4, 0.5) is 17.6 Å². The van der Waals surface area contributed by atoms with Gasteiger partial charge in [-0.05, 0) is 79.8 Å². The zero-order valence-corrected chi connectivity index (χ0v) is 25.9. The van der Waals surface area contributed by atoms with Crippen LogP contribution in [0.1, 0.15) is 100 Å². The van der Waals surface area contributed by atoms with E-state index in [-0.39, 0.29) is 21.7 Å². The molecule has 1 fully saturated rings. The van der Waals surface area contributed by atoms with Crippen LogP contribution in [0.25, 0.3) is 0 Å². The Balaban J connectivity index is 1.46. The lowest BCUT2D eigenvalue weighted by molar-refractivity contribution is -0.137. The molecule has 0 spiro atoms. The molecule has 234 valence electrons. The van der Waals surface area contributed by atoms with Gasteiger partial charge in [0.05, 0.1) is 26.8 Å². The summed E-state index contributed by atoms with van der Waals surface area (Å²) < 4.78 is 78.6. The van der Waals surface area contributed by atoms with Crippen molar-refractivity contribution in [3.8, 4) is 0 Å². The average Bonchev–Trinajstić information content (AvgIpc) is 2.91. The van der Waals surface area contributed by atoms with E-state index in [2.05, 4.69) is 19.2 Å². The average molecular weight is 632 g/mol. The van der Waals surface area contributed by atoms with E-state index in [1.54, 1.807) is 0 Å². The molecule has 10 heteroatoms. The number of hydrogen-bond donors (Lipinski definition) is 1. The van der Waals surface area contributed by atoms with Crippen molar-refractivity contribution in [2.75, 3.05) is 5.75 Å². The van der Waals surface area contributed by atoms with Gasteiger partial charge >= 0.3 is 6.18 Å². The van der Waals surface area contributed by atoms with Gasteiger partial charge in [0.25, 0.3) is 5.91 Å². The number of halogens is 5. The van der Waals surface area contributed by atoms with Gasteiger partial charge < -0.3 is 5.32 Å². The SMILES string of the molecule is CC(CCCCCS(=O)(=O)c1ccc(F)cc1)C1CCCCC(NC(=O)c2c(Cl)cccc2C(F)(F)F)CCCC1C. The lowest BCUT2D eigenvalue weighted by Crippen LogP contribution is -2.36. The lowest BCUT2D eigenvalue weighted by atomic mass is 9.75. The molecule has 1 aliphatic rings. The number of unbranched alkanes of at least 4 members (excludes halogenated alkanes) is 2. The molecular formula is C32H42ClF4NO3S. The van der Waals surface area contributed by atoms with Crippen molar-refractivity contribution in [2.45, 2.75) is 102 Å². The highest BCUT2D eigenvalue weighted by Gasteiger charge is 2.36. The van der Waals surface area contributed by atoms with Crippen LogP contribution in [0.3, 0.4) is 0 Å². The number of amides is 1. The van der Waals surface area contributed by atoms with Crippen LogP contribution < -0.4 is 5.32 Å². The van der Waals surface area contributed by atoms with Gasteiger partial charge in [0.2, 0.25) is 0 Å². The van der Waals surface area contributed by atoms with Gasteiger partial charge in [-0.25, -0.2) is 12.8 Å². The molecule has 4 unspecified atom stereocenters. The Morgan fingerprint density at radius 3 is 2.33 bits per heavy atom. The molecule has 0 aliphatic heterocycles. The zero-order chi connectivity index (χ0) is 30.9. The Morgan fingerprint density at radius 2 is 1.64 bits per heavy atom. The highest BCUT2D eigenvalue weighted by atomic mass is 35.5. The first kappa shape index (κ1) is 34.4. The second-order valence-corrected chi connectivity index (χ2v) is 14.3. The molecule has 3 rings (SSSR count). The summed E-state index contributed by atoms with van der Waals surface area (Å²) in [6, 6.07) is 8.13. The molecule has 4 nitrogen and oxygen atoms in total. The molecule has 42 heavy (non-hydrogen) atoms. The Hall–Kier alpha value is -2.13. The first-order valence-electron chi connectivity index (χ1n) is 14.9. The fourth-order valence-corrected chi connectivity index (χ4v) is 7.88. The molecule has 0 bridgehead atoms. The van der Waals surface area contributed by atoms with E-state index in [0.717, 1.165) is 57.4 Å². The molecule has 0 radical (unpaired) electrons. The number of nitrogens with one attached hydrogen (secondary N) is 1. The Bertz CT molecular complexity index is 1270. The van der Waals surface area contributed by atoms with E-state index >= 15 is 0 Å². The molecule has 2 aromatic carbocycles. The molecule has 2 aromatic rings. The molecule has 0 saturated heterocycles. The van der Waals surface area contributed by atoms with Gasteiger partial charge in [-0.15, -0.1) is 0 Å². The van der Waals surface area contributed by atoms with Crippen LogP contribution in [0.2, 0.25) is 5.02 Å². The van der Waals surface area contributed by atoms with Crippen molar-refractivity contribution in [3.63, 3.8) is 0 Å². The highest BCUT2D eigenvalue weighted by Crippen LogP contribution is 2.36. The van der Waals surface area contributed by atoms with Crippen LogP contribution >= 0.6 is 11.6 Å². The molecule has 1 saturated carbocycles. The standard InChI is InChI=1S/C32H42ClF4NO3S/c1-22(10-4-3-7-21-42(40,41)26-19-17-24(34)18-20-26)27-14-6-5-12-25(13-8-11-23(27)2)38-31(39)30-28(32(35,36)37)15-9-16-29(30)33/h9,15-20,22-23,25,27H,3-8,10-14,21H2,1-2H3,(H,38,39). The molecule has 1 amide bonds. The number of rotatable bonds is 10. The fourth-order valence-electron chi connectivity index (χ4n) is 6.25. The van der Waals surface area contributed by atoms with Crippen molar-refractivity contribution < 1.29 is 30.8 Å². The van der Waals surface area contributed by atoms with E-state index < -0.39 is 38.9 Å². The smallest absolute Gasteiger partial charge is 0.349 e. The van der Waals surface area contributed by atoms with Gasteiger partial charge in [0.15, 0.2) is 9.84 Å². The Labute approximate surface area is 252 Å². The zero-order valence-electron chi connectivity index (χ0n) is 24.4. The van der Waals surface area contributed by atoms with Gasteiger partial charge in [-0.3, -0.25) is 4.79 Å². The summed E-state index contributed by atoms with van der Waals surface area (Å²) in [6.45, 7) is 4.53. The van der Waals surface area contributed by atoms with Crippen molar-refractivity contribution in [1.29, 1.82) is 0 Å². The third-order valence-corrected chi connectivity index (χ3v) is 10.8. The summed E-state index contributed by atoms with van der Waals surface area (Å²) >= 11 is 6.02. The first-order valence-corrected chi connectivity index (χ1v) is 17.0. The van der Waals surface area contributed by atoms with Crippen LogP contribution in [-0.4, -0.2) is 26.1 Å². The Kier molecular flexibility index (Phi) is 12.7. The number of alkyl halides is 3. The molecular weight excluding hydrogens is 590 g/mol. The number of hydrogen-bond acceptors (Lipinski definition) is 3. The second kappa shape index (κ2) is 15.6. The minimum Gasteiger partial charge on any atom is -0.349 e. The van der Waals surface area contributed by atoms with Gasteiger partial charge in [0.1, 0.15) is 5.82 Å².